The summed E-state index contributed by atoms with van der Waals surface area (Å²) in [6.07, 6.45) is 3.08. The highest BCUT2D eigenvalue weighted by Gasteiger charge is 2.23. The van der Waals surface area contributed by atoms with Crippen molar-refractivity contribution in [3.05, 3.63) is 80.9 Å². The van der Waals surface area contributed by atoms with Crippen LogP contribution in [-0.2, 0) is 0 Å². The Morgan fingerprint density at radius 2 is 1.89 bits per heavy atom. The van der Waals surface area contributed by atoms with Crippen LogP contribution in [0.1, 0.15) is 35.2 Å². The molecule has 1 amide bonds. The van der Waals surface area contributed by atoms with Crippen molar-refractivity contribution in [2.45, 2.75) is 26.2 Å². The second-order valence-electron chi connectivity index (χ2n) is 9.10. The van der Waals surface area contributed by atoms with Gasteiger partial charge in [0.25, 0.3) is 11.6 Å². The first kappa shape index (κ1) is 25.6. The molecule has 0 aliphatic carbocycles. The molecule has 4 aromatic rings. The predicted octanol–water partition coefficient (Wildman–Crippen LogP) is 6.48. The van der Waals surface area contributed by atoms with Crippen molar-refractivity contribution < 1.29 is 14.1 Å². The number of oxazole rings is 1. The summed E-state index contributed by atoms with van der Waals surface area (Å²) in [7, 11) is 0. The summed E-state index contributed by atoms with van der Waals surface area (Å²) in [5.74, 6) is -0.199. The molecule has 0 radical (unpaired) electrons. The number of aromatic nitrogens is 1. The molecule has 0 unspecified atom stereocenters. The molecule has 194 valence electrons. The first-order valence-corrected chi connectivity index (χ1v) is 12.9. The smallest absolute Gasteiger partial charge is 0.293 e. The topological polar surface area (TPSA) is 114 Å². The number of rotatable bonds is 5. The molecule has 1 saturated heterocycles. The number of nitrogens with one attached hydrogen (secondary N) is 2. The number of nitro benzene ring substituents is 1. The second kappa shape index (κ2) is 10.8. The van der Waals surface area contributed by atoms with Crippen molar-refractivity contribution in [2.75, 3.05) is 23.3 Å². The lowest BCUT2D eigenvalue weighted by Gasteiger charge is -2.28. The molecule has 2 heterocycles. The van der Waals surface area contributed by atoms with Crippen LogP contribution >= 0.6 is 23.8 Å². The molecule has 1 aliphatic heterocycles. The molecule has 0 saturated carbocycles. The Kier molecular flexibility index (Phi) is 7.26. The summed E-state index contributed by atoms with van der Waals surface area (Å²) in [4.78, 5) is 30.7. The highest BCUT2D eigenvalue weighted by molar-refractivity contribution is 7.80. The number of amides is 1. The molecule has 2 N–H and O–H groups in total. The number of fused-ring (bicyclic) bond motifs is 1. The van der Waals surface area contributed by atoms with Crippen LogP contribution < -0.4 is 15.5 Å². The monoisotopic (exact) mass is 549 g/mol. The number of carbonyl (C=O) groups is 1. The third-order valence-corrected chi connectivity index (χ3v) is 6.89. The zero-order valence-corrected chi connectivity index (χ0v) is 22.1. The lowest BCUT2D eigenvalue weighted by molar-refractivity contribution is -0.384. The number of hydrogen-bond acceptors (Lipinski definition) is 7. The van der Waals surface area contributed by atoms with Crippen molar-refractivity contribution in [3.8, 4) is 11.5 Å². The Morgan fingerprint density at radius 1 is 1.11 bits per heavy atom. The Labute approximate surface area is 228 Å². The fraction of sp³-hybridized carbons (Fsp3) is 0.222. The van der Waals surface area contributed by atoms with Gasteiger partial charge in [0, 0.05) is 30.4 Å². The number of nitro groups is 1. The first-order chi connectivity index (χ1) is 18.3. The van der Waals surface area contributed by atoms with Gasteiger partial charge in [-0.3, -0.25) is 20.2 Å². The van der Waals surface area contributed by atoms with Crippen molar-refractivity contribution in [1.82, 2.24) is 10.3 Å². The molecule has 5 rings (SSSR count). The van der Waals surface area contributed by atoms with Gasteiger partial charge in [-0.2, -0.15) is 0 Å². The number of nitrogens with zero attached hydrogens (tertiary/aromatic N) is 3. The van der Waals surface area contributed by atoms with Crippen LogP contribution in [0.3, 0.4) is 0 Å². The molecule has 3 aromatic carbocycles. The Morgan fingerprint density at radius 3 is 2.66 bits per heavy atom. The van der Waals surface area contributed by atoms with E-state index in [0.717, 1.165) is 43.4 Å². The number of hydrogen-bond donors (Lipinski definition) is 2. The van der Waals surface area contributed by atoms with Crippen molar-refractivity contribution in [1.29, 1.82) is 0 Å². The number of halogens is 1. The van der Waals surface area contributed by atoms with Gasteiger partial charge in [0.05, 0.1) is 15.5 Å². The quantitative estimate of drug-likeness (QED) is 0.165. The van der Waals surface area contributed by atoms with Gasteiger partial charge in [0.1, 0.15) is 11.2 Å². The van der Waals surface area contributed by atoms with E-state index >= 15 is 0 Å². The maximum Gasteiger partial charge on any atom is 0.293 e. The summed E-state index contributed by atoms with van der Waals surface area (Å²) in [6.45, 7) is 3.49. The second-order valence-corrected chi connectivity index (χ2v) is 9.92. The third-order valence-electron chi connectivity index (χ3n) is 6.36. The maximum atomic E-state index is 12.9. The summed E-state index contributed by atoms with van der Waals surface area (Å²) in [5, 5.41) is 17.7. The zero-order valence-electron chi connectivity index (χ0n) is 20.5. The van der Waals surface area contributed by atoms with E-state index in [4.69, 9.17) is 28.2 Å². The largest absolute Gasteiger partial charge is 0.436 e. The van der Waals surface area contributed by atoms with Gasteiger partial charge in [0.15, 0.2) is 10.7 Å². The number of thiocarbonyl (C=S) groups is 1. The molecular weight excluding hydrogens is 526 g/mol. The van der Waals surface area contributed by atoms with Crippen LogP contribution in [0.2, 0.25) is 5.02 Å². The van der Waals surface area contributed by atoms with Gasteiger partial charge in [-0.25, -0.2) is 4.98 Å². The lowest BCUT2D eigenvalue weighted by Crippen LogP contribution is -2.34. The van der Waals surface area contributed by atoms with Crippen LogP contribution in [0, 0.1) is 17.0 Å². The average Bonchev–Trinajstić information content (AvgIpc) is 3.32. The normalized spacial score (nSPS) is 13.4. The maximum absolute atomic E-state index is 12.9. The standard InChI is InChI=1S/C27H24ClN5O4S/c1-16-5-10-24-21(13-16)30-26(37-24)19-15-18(7-8-20(19)28)29-27(38)31-25(34)17-6-9-22(23(14-17)33(35)36)32-11-3-2-4-12-32/h5-10,13-15H,2-4,11-12H2,1H3,(H2,29,31,34,38). The van der Waals surface area contributed by atoms with Gasteiger partial charge in [-0.15, -0.1) is 0 Å². The van der Waals surface area contributed by atoms with E-state index in [-0.39, 0.29) is 16.4 Å². The number of piperidine rings is 1. The minimum absolute atomic E-state index is 0.0271. The highest BCUT2D eigenvalue weighted by Crippen LogP contribution is 2.33. The summed E-state index contributed by atoms with van der Waals surface area (Å²) >= 11 is 11.7. The highest BCUT2D eigenvalue weighted by atomic mass is 35.5. The van der Waals surface area contributed by atoms with E-state index in [1.54, 1.807) is 30.3 Å². The van der Waals surface area contributed by atoms with Gasteiger partial charge in [0.2, 0.25) is 5.89 Å². The third kappa shape index (κ3) is 5.46. The zero-order chi connectivity index (χ0) is 26.8. The van der Waals surface area contributed by atoms with Crippen molar-refractivity contribution in [2.24, 2.45) is 0 Å². The molecule has 1 fully saturated rings. The van der Waals surface area contributed by atoms with E-state index in [2.05, 4.69) is 15.6 Å². The average molecular weight is 550 g/mol. The molecule has 0 atom stereocenters. The van der Waals surface area contributed by atoms with E-state index < -0.39 is 10.8 Å². The molecule has 9 nitrogen and oxygen atoms in total. The van der Waals surface area contributed by atoms with Crippen molar-refractivity contribution in [3.63, 3.8) is 0 Å². The van der Waals surface area contributed by atoms with Crippen LogP contribution in [-0.4, -0.2) is 34.0 Å². The molecule has 1 aliphatic rings. The molecular formula is C27H24ClN5O4S. The van der Waals surface area contributed by atoms with Gasteiger partial charge in [-0.1, -0.05) is 17.7 Å². The van der Waals surface area contributed by atoms with Gasteiger partial charge >= 0.3 is 0 Å². The summed E-state index contributed by atoms with van der Waals surface area (Å²) in [6, 6.07) is 15.3. The van der Waals surface area contributed by atoms with E-state index in [9.17, 15) is 14.9 Å². The summed E-state index contributed by atoms with van der Waals surface area (Å²) in [5.41, 5.74) is 4.10. The molecule has 38 heavy (non-hydrogen) atoms. The van der Waals surface area contributed by atoms with Crippen molar-refractivity contribution >= 4 is 63.0 Å². The fourth-order valence-electron chi connectivity index (χ4n) is 4.47. The van der Waals surface area contributed by atoms with Crippen LogP contribution in [0.4, 0.5) is 17.1 Å². The van der Waals surface area contributed by atoms with Gasteiger partial charge in [-0.05, 0) is 86.4 Å². The summed E-state index contributed by atoms with van der Waals surface area (Å²) < 4.78 is 5.87. The minimum Gasteiger partial charge on any atom is -0.436 e. The fourth-order valence-corrected chi connectivity index (χ4v) is 4.88. The van der Waals surface area contributed by atoms with E-state index in [1.807, 2.05) is 30.0 Å². The molecule has 11 heteroatoms. The number of carbonyl (C=O) groups excluding carboxylic acids is 1. The predicted molar refractivity (Wildman–Crippen MR) is 152 cm³/mol. The van der Waals surface area contributed by atoms with Gasteiger partial charge < -0.3 is 14.6 Å². The molecule has 0 spiro atoms. The molecule has 0 bridgehead atoms. The van der Waals surface area contributed by atoms with E-state index in [0.29, 0.717) is 33.4 Å². The first-order valence-electron chi connectivity index (χ1n) is 12.1. The Balaban J connectivity index is 1.31. The van der Waals surface area contributed by atoms with Crippen LogP contribution in [0.5, 0.6) is 0 Å². The van der Waals surface area contributed by atoms with E-state index in [1.165, 1.54) is 6.07 Å². The SMILES string of the molecule is Cc1ccc2oc(-c3cc(NC(=S)NC(=O)c4ccc(N5CCCCC5)c([N+](=O)[O-])c4)ccc3Cl)nc2c1. The Bertz CT molecular complexity index is 1560. The minimum atomic E-state index is -0.556. The Hall–Kier alpha value is -4.02. The van der Waals surface area contributed by atoms with Crippen LogP contribution in [0.15, 0.2) is 59.0 Å². The number of benzene rings is 3. The lowest BCUT2D eigenvalue weighted by atomic mass is 10.1. The number of anilines is 2. The van der Waals surface area contributed by atoms with Crippen LogP contribution in [0.25, 0.3) is 22.6 Å². The number of aryl methyl sites for hydroxylation is 1. The molecule has 1 aromatic heterocycles.